The van der Waals surface area contributed by atoms with Gasteiger partial charge in [-0.15, -0.1) is 0 Å². The number of hydrogen-bond donors (Lipinski definition) is 2. The minimum atomic E-state index is -1.08. The van der Waals surface area contributed by atoms with Crippen LogP contribution in [0.4, 0.5) is 11.4 Å². The fourth-order valence-corrected chi connectivity index (χ4v) is 4.47. The molecule has 3 aromatic rings. The maximum absolute atomic E-state index is 13.5. The molecule has 0 radical (unpaired) electrons. The monoisotopic (exact) mass is 442 g/mol. The molecular weight excluding hydrogens is 420 g/mol. The van der Waals surface area contributed by atoms with E-state index >= 15 is 0 Å². The van der Waals surface area contributed by atoms with Crippen LogP contribution in [0.5, 0.6) is 0 Å². The second-order valence-corrected chi connectivity index (χ2v) is 7.94. The summed E-state index contributed by atoms with van der Waals surface area (Å²) in [6, 6.07) is 24.1. The zero-order valence-corrected chi connectivity index (χ0v) is 17.6. The highest BCUT2D eigenvalue weighted by molar-refractivity contribution is 5.97. The number of nitrogens with zero attached hydrogens (tertiary/aromatic N) is 1. The molecule has 0 spiro atoms. The van der Waals surface area contributed by atoms with Crippen molar-refractivity contribution >= 4 is 23.3 Å². The van der Waals surface area contributed by atoms with E-state index in [4.69, 9.17) is 0 Å². The van der Waals surface area contributed by atoms with E-state index in [9.17, 15) is 24.8 Å². The van der Waals surface area contributed by atoms with E-state index in [2.05, 4.69) is 5.32 Å². The normalized spacial score (nSPS) is 21.8. The first-order chi connectivity index (χ1) is 16.0. The van der Waals surface area contributed by atoms with Gasteiger partial charge in [-0.05, 0) is 17.2 Å². The molecule has 166 valence electrons. The highest BCUT2D eigenvalue weighted by Crippen LogP contribution is 2.45. The molecule has 7 heteroatoms. The van der Waals surface area contributed by atoms with E-state index < -0.39 is 40.5 Å². The number of nitro groups is 1. The molecule has 3 aromatic carbocycles. The van der Waals surface area contributed by atoms with Crippen LogP contribution >= 0.6 is 0 Å². The number of non-ortho nitro benzene ring substituents is 1. The van der Waals surface area contributed by atoms with Gasteiger partial charge < -0.3 is 10.4 Å². The second-order valence-electron chi connectivity index (χ2n) is 7.94. The molecule has 1 amide bonds. The lowest BCUT2D eigenvalue weighted by Gasteiger charge is -2.37. The van der Waals surface area contributed by atoms with E-state index in [0.29, 0.717) is 0 Å². The molecule has 0 heterocycles. The van der Waals surface area contributed by atoms with Crippen LogP contribution in [0.3, 0.4) is 0 Å². The molecule has 0 bridgehead atoms. The highest BCUT2D eigenvalue weighted by Gasteiger charge is 2.46. The molecule has 7 nitrogen and oxygen atoms in total. The number of carboxylic acids is 1. The molecule has 0 saturated heterocycles. The first-order valence-electron chi connectivity index (χ1n) is 10.5. The summed E-state index contributed by atoms with van der Waals surface area (Å²) in [5.74, 6) is -4.49. The van der Waals surface area contributed by atoms with Gasteiger partial charge in [-0.3, -0.25) is 19.7 Å². The van der Waals surface area contributed by atoms with Crippen LogP contribution in [0.15, 0.2) is 97.1 Å². The van der Waals surface area contributed by atoms with E-state index in [1.165, 1.54) is 18.2 Å². The van der Waals surface area contributed by atoms with Gasteiger partial charge in [0.1, 0.15) is 0 Å². The first-order valence-corrected chi connectivity index (χ1v) is 10.5. The molecule has 1 aliphatic carbocycles. The number of nitro benzene ring substituents is 1. The fourth-order valence-electron chi connectivity index (χ4n) is 4.47. The second kappa shape index (κ2) is 9.48. The van der Waals surface area contributed by atoms with Gasteiger partial charge in [0.25, 0.3) is 5.69 Å². The van der Waals surface area contributed by atoms with Crippen molar-refractivity contribution in [2.24, 2.45) is 11.8 Å². The zero-order chi connectivity index (χ0) is 23.4. The number of benzene rings is 3. The van der Waals surface area contributed by atoms with Gasteiger partial charge in [-0.25, -0.2) is 0 Å². The Morgan fingerprint density at radius 1 is 0.788 bits per heavy atom. The van der Waals surface area contributed by atoms with Crippen molar-refractivity contribution in [1.29, 1.82) is 0 Å². The summed E-state index contributed by atoms with van der Waals surface area (Å²) in [5.41, 5.74) is 1.72. The van der Waals surface area contributed by atoms with Crippen LogP contribution in [0.25, 0.3) is 0 Å². The van der Waals surface area contributed by atoms with Crippen molar-refractivity contribution in [1.82, 2.24) is 0 Å². The number of hydrogen-bond acceptors (Lipinski definition) is 4. The summed E-state index contributed by atoms with van der Waals surface area (Å²) in [5, 5.41) is 24.1. The smallest absolute Gasteiger partial charge is 0.308 e. The molecule has 4 rings (SSSR count). The van der Waals surface area contributed by atoms with Crippen molar-refractivity contribution in [2.75, 3.05) is 5.32 Å². The minimum Gasteiger partial charge on any atom is -0.481 e. The Bertz CT molecular complexity index is 1190. The third kappa shape index (κ3) is 4.67. The van der Waals surface area contributed by atoms with Gasteiger partial charge in [-0.2, -0.15) is 0 Å². The molecule has 1 aliphatic rings. The third-order valence-electron chi connectivity index (χ3n) is 5.97. The SMILES string of the molecule is O=C(O)[C@H]1[C@H](C(=O)Nc2cccc([N+](=O)[O-])c2)[C@H](c2ccccc2)C=C[C@H]1c1ccccc1. The lowest BCUT2D eigenvalue weighted by molar-refractivity contribution is -0.384. The molecule has 0 aliphatic heterocycles. The van der Waals surface area contributed by atoms with Gasteiger partial charge in [0.15, 0.2) is 0 Å². The fraction of sp³-hybridized carbons (Fsp3) is 0.154. The number of nitrogens with one attached hydrogen (secondary N) is 1. The summed E-state index contributed by atoms with van der Waals surface area (Å²) >= 11 is 0. The van der Waals surface area contributed by atoms with Gasteiger partial charge in [0, 0.05) is 29.7 Å². The summed E-state index contributed by atoms with van der Waals surface area (Å²) in [7, 11) is 0. The number of carboxylic acid groups (broad SMARTS) is 1. The Kier molecular flexibility index (Phi) is 6.31. The summed E-state index contributed by atoms with van der Waals surface area (Å²) in [6.45, 7) is 0. The molecule has 0 saturated carbocycles. The summed E-state index contributed by atoms with van der Waals surface area (Å²) in [4.78, 5) is 36.6. The molecule has 0 fully saturated rings. The van der Waals surface area contributed by atoms with E-state index in [1.54, 1.807) is 6.07 Å². The number of allylic oxidation sites excluding steroid dienone is 2. The van der Waals surface area contributed by atoms with E-state index in [1.807, 2.05) is 72.8 Å². The molecule has 0 unspecified atom stereocenters. The number of rotatable bonds is 6. The van der Waals surface area contributed by atoms with Crippen molar-refractivity contribution in [3.8, 4) is 0 Å². The van der Waals surface area contributed by atoms with Gasteiger partial charge in [0.05, 0.1) is 16.8 Å². The van der Waals surface area contributed by atoms with Crippen LogP contribution in [-0.2, 0) is 9.59 Å². The van der Waals surface area contributed by atoms with Crippen molar-refractivity contribution < 1.29 is 19.6 Å². The maximum atomic E-state index is 13.5. The number of amides is 1. The Morgan fingerprint density at radius 3 is 1.85 bits per heavy atom. The van der Waals surface area contributed by atoms with Gasteiger partial charge in [0.2, 0.25) is 5.91 Å². The predicted octanol–water partition coefficient (Wildman–Crippen LogP) is 4.99. The molecular formula is C26H22N2O5. The van der Waals surface area contributed by atoms with Gasteiger partial charge in [-0.1, -0.05) is 78.9 Å². The Labute approximate surface area is 190 Å². The highest BCUT2D eigenvalue weighted by atomic mass is 16.6. The van der Waals surface area contributed by atoms with Crippen molar-refractivity contribution in [3.63, 3.8) is 0 Å². The largest absolute Gasteiger partial charge is 0.481 e. The number of carbonyl (C=O) groups excluding carboxylic acids is 1. The molecule has 4 atom stereocenters. The van der Waals surface area contributed by atoms with E-state index in [-0.39, 0.29) is 11.4 Å². The minimum absolute atomic E-state index is 0.159. The quantitative estimate of drug-likeness (QED) is 0.318. The van der Waals surface area contributed by atoms with Crippen LogP contribution in [-0.4, -0.2) is 21.9 Å². The number of anilines is 1. The van der Waals surface area contributed by atoms with Crippen molar-refractivity contribution in [2.45, 2.75) is 11.8 Å². The van der Waals surface area contributed by atoms with Crippen LogP contribution in [0, 0.1) is 22.0 Å². The van der Waals surface area contributed by atoms with Crippen molar-refractivity contribution in [3.05, 3.63) is 118 Å². The summed E-state index contributed by atoms with van der Waals surface area (Å²) < 4.78 is 0. The zero-order valence-electron chi connectivity index (χ0n) is 17.6. The third-order valence-corrected chi connectivity index (χ3v) is 5.97. The standard InChI is InChI=1S/C26H22N2O5/c29-25(27-19-12-7-13-20(16-19)28(32)33)23-21(17-8-3-1-4-9-17)14-15-22(24(23)26(30)31)18-10-5-2-6-11-18/h1-16,21-24H,(H,27,29)(H,30,31)/t21-,22-,23+,24+/m0/s1. The average Bonchev–Trinajstić information content (AvgIpc) is 2.84. The molecule has 33 heavy (non-hydrogen) atoms. The Balaban J connectivity index is 1.76. The molecule has 0 aromatic heterocycles. The van der Waals surface area contributed by atoms with E-state index in [0.717, 1.165) is 11.1 Å². The van der Waals surface area contributed by atoms with Crippen LogP contribution in [0.1, 0.15) is 23.0 Å². The topological polar surface area (TPSA) is 110 Å². The number of aliphatic carboxylic acids is 1. The summed E-state index contributed by atoms with van der Waals surface area (Å²) in [6.07, 6.45) is 3.76. The average molecular weight is 442 g/mol. The van der Waals surface area contributed by atoms with Crippen LogP contribution in [0.2, 0.25) is 0 Å². The lowest BCUT2D eigenvalue weighted by Crippen LogP contribution is -2.42. The first kappa shape index (κ1) is 22.0. The lowest BCUT2D eigenvalue weighted by atomic mass is 9.66. The molecule has 2 N–H and O–H groups in total. The van der Waals surface area contributed by atoms with Crippen LogP contribution < -0.4 is 5.32 Å². The van der Waals surface area contributed by atoms with Gasteiger partial charge >= 0.3 is 5.97 Å². The maximum Gasteiger partial charge on any atom is 0.308 e. The number of carbonyl (C=O) groups is 2. The predicted molar refractivity (Wildman–Crippen MR) is 124 cm³/mol. The Morgan fingerprint density at radius 2 is 1.33 bits per heavy atom. The Hall–Kier alpha value is -4.26.